The van der Waals surface area contributed by atoms with Gasteiger partial charge in [-0.3, -0.25) is 10.1 Å². The Bertz CT molecular complexity index is 1750. The Kier molecular flexibility index (Phi) is 7.16. The second-order valence-electron chi connectivity index (χ2n) is 11.9. The predicted octanol–water partition coefficient (Wildman–Crippen LogP) is 3.47. The number of carbonyl (C=O) groups excluding carboxylic acids is 4. The van der Waals surface area contributed by atoms with Gasteiger partial charge in [0.25, 0.3) is 0 Å². The van der Waals surface area contributed by atoms with E-state index in [1.54, 1.807) is 24.3 Å². The number of nitrogens with one attached hydrogen (secondary N) is 1. The van der Waals surface area contributed by atoms with Gasteiger partial charge in [0.2, 0.25) is 0 Å². The second-order valence-corrected chi connectivity index (χ2v) is 11.9. The van der Waals surface area contributed by atoms with Gasteiger partial charge in [0.1, 0.15) is 5.69 Å². The van der Waals surface area contributed by atoms with Crippen LogP contribution in [0.5, 0.6) is 23.0 Å². The molecule has 1 amide bonds. The van der Waals surface area contributed by atoms with Crippen LogP contribution in [-0.2, 0) is 20.8 Å². The van der Waals surface area contributed by atoms with Gasteiger partial charge in [-0.15, -0.1) is 0 Å². The Morgan fingerprint density at radius 2 is 1.87 bits per heavy atom. The van der Waals surface area contributed by atoms with Crippen molar-refractivity contribution in [3.63, 3.8) is 0 Å². The van der Waals surface area contributed by atoms with E-state index in [0.29, 0.717) is 34.8 Å². The summed E-state index contributed by atoms with van der Waals surface area (Å²) in [6.45, 7) is 3.86. The standard InChI is InChI=1S/C32H33N3O10/c1-3-19-26(17-10-12-34-11-6-7-18(34)13-17)27-20-14-23-28(33-31(39)43-22-9-5-4-8-21(22)41-2)29(27)44-30(38)32(40,15-24(36)42-23)16-25(37)45-35(19)20/h4-5,8-9,14,17-18,40H,3,6-7,10-13,15-16H2,1-2H3,(H,33,39). The maximum atomic E-state index is 13.7. The van der Waals surface area contributed by atoms with Crippen LogP contribution in [0.2, 0.25) is 0 Å². The number of fused-ring (bicyclic) bond motifs is 4. The molecule has 2 N–H and O–H groups in total. The monoisotopic (exact) mass is 619 g/mol. The molecule has 0 saturated carbocycles. The van der Waals surface area contributed by atoms with Crippen molar-refractivity contribution >= 4 is 40.6 Å². The number of carbonyl (C=O) groups is 4. The lowest BCUT2D eigenvalue weighted by Crippen LogP contribution is -2.47. The van der Waals surface area contributed by atoms with Crippen molar-refractivity contribution in [1.82, 2.24) is 9.63 Å². The van der Waals surface area contributed by atoms with Crippen LogP contribution in [0.25, 0.3) is 10.9 Å². The molecular weight excluding hydrogens is 586 g/mol. The summed E-state index contributed by atoms with van der Waals surface area (Å²) in [6, 6.07) is 8.40. The van der Waals surface area contributed by atoms with Crippen molar-refractivity contribution in [2.45, 2.75) is 69.4 Å². The molecule has 1 aromatic heterocycles. The molecule has 3 atom stereocenters. The quantitative estimate of drug-likeness (QED) is 0.319. The number of para-hydroxylation sites is 2. The van der Waals surface area contributed by atoms with E-state index in [1.165, 1.54) is 17.9 Å². The molecule has 45 heavy (non-hydrogen) atoms. The summed E-state index contributed by atoms with van der Waals surface area (Å²) in [5, 5.41) is 14.4. The number of rotatable bonds is 5. The average molecular weight is 620 g/mol. The normalized spacial score (nSPS) is 24.5. The Balaban J connectivity index is 1.45. The summed E-state index contributed by atoms with van der Waals surface area (Å²) in [6.07, 6.45) is 1.59. The Hall–Kier alpha value is -4.62. The van der Waals surface area contributed by atoms with Crippen molar-refractivity contribution in [3.8, 4) is 23.0 Å². The van der Waals surface area contributed by atoms with Crippen LogP contribution in [0.4, 0.5) is 10.5 Å². The predicted molar refractivity (Wildman–Crippen MR) is 158 cm³/mol. The maximum absolute atomic E-state index is 13.7. The van der Waals surface area contributed by atoms with Gasteiger partial charge in [-0.05, 0) is 68.8 Å². The van der Waals surface area contributed by atoms with Gasteiger partial charge >= 0.3 is 24.0 Å². The lowest BCUT2D eigenvalue weighted by molar-refractivity contribution is -0.169. The number of hydrogen-bond donors (Lipinski definition) is 2. The highest BCUT2D eigenvalue weighted by Crippen LogP contribution is 2.51. The molecule has 2 aromatic carbocycles. The molecular formula is C32H33N3O10. The van der Waals surface area contributed by atoms with Crippen LogP contribution in [0.15, 0.2) is 30.3 Å². The minimum Gasteiger partial charge on any atom is -0.493 e. The molecule has 5 heterocycles. The highest BCUT2D eigenvalue weighted by atomic mass is 16.7. The molecule has 13 heteroatoms. The Morgan fingerprint density at radius 3 is 2.64 bits per heavy atom. The van der Waals surface area contributed by atoms with Crippen LogP contribution in [0.1, 0.15) is 62.6 Å². The molecule has 2 fully saturated rings. The van der Waals surface area contributed by atoms with Crippen LogP contribution >= 0.6 is 0 Å². The van der Waals surface area contributed by atoms with Crippen LogP contribution in [0, 0.1) is 0 Å². The fourth-order valence-corrected chi connectivity index (χ4v) is 7.20. The zero-order chi connectivity index (χ0) is 31.5. The van der Waals surface area contributed by atoms with Crippen molar-refractivity contribution in [1.29, 1.82) is 0 Å². The van der Waals surface area contributed by atoms with Gasteiger partial charge in [0.15, 0.2) is 28.6 Å². The molecule has 2 saturated heterocycles. The molecule has 4 aliphatic heterocycles. The highest BCUT2D eigenvalue weighted by molar-refractivity contribution is 6.06. The molecule has 3 unspecified atom stereocenters. The number of aromatic nitrogens is 1. The van der Waals surface area contributed by atoms with Gasteiger partial charge in [0.05, 0.1) is 36.5 Å². The third-order valence-electron chi connectivity index (χ3n) is 9.20. The summed E-state index contributed by atoms with van der Waals surface area (Å²) in [5.41, 5.74) is -0.894. The number of amides is 1. The first kappa shape index (κ1) is 29.1. The molecule has 236 valence electrons. The number of anilines is 1. The van der Waals surface area contributed by atoms with Crippen molar-refractivity contribution in [2.75, 3.05) is 25.5 Å². The molecule has 0 radical (unpaired) electrons. The molecule has 6 bridgehead atoms. The number of ether oxygens (including phenoxy) is 4. The fourth-order valence-electron chi connectivity index (χ4n) is 7.20. The summed E-state index contributed by atoms with van der Waals surface area (Å²) < 4.78 is 23.8. The number of nitrogens with zero attached hydrogens (tertiary/aromatic N) is 2. The lowest BCUT2D eigenvalue weighted by Gasteiger charge is -2.35. The molecule has 13 nitrogen and oxygen atoms in total. The van der Waals surface area contributed by atoms with Crippen molar-refractivity contribution in [2.24, 2.45) is 0 Å². The Labute approximate surface area is 257 Å². The van der Waals surface area contributed by atoms with Gasteiger partial charge in [-0.2, -0.15) is 4.73 Å². The minimum absolute atomic E-state index is 0.00532. The third kappa shape index (κ3) is 4.95. The molecule has 3 aromatic rings. The van der Waals surface area contributed by atoms with Crippen molar-refractivity contribution in [3.05, 3.63) is 41.6 Å². The zero-order valence-corrected chi connectivity index (χ0v) is 24.9. The molecule has 0 spiro atoms. The van der Waals surface area contributed by atoms with Gasteiger partial charge in [-0.25, -0.2) is 14.4 Å². The van der Waals surface area contributed by atoms with E-state index >= 15 is 0 Å². The number of hydrogen-bond acceptors (Lipinski definition) is 11. The van der Waals surface area contributed by atoms with Gasteiger partial charge < -0.3 is 33.8 Å². The van der Waals surface area contributed by atoms with E-state index in [1.807, 2.05) is 6.92 Å². The topological polar surface area (TPSA) is 155 Å². The van der Waals surface area contributed by atoms with Gasteiger partial charge in [0, 0.05) is 12.1 Å². The number of methoxy groups -OCH3 is 1. The number of benzene rings is 2. The minimum atomic E-state index is -2.58. The van der Waals surface area contributed by atoms with E-state index < -0.39 is 42.4 Å². The number of esters is 2. The average Bonchev–Trinajstić information content (AvgIpc) is 3.59. The zero-order valence-electron chi connectivity index (χ0n) is 24.9. The molecule has 4 aliphatic rings. The first-order valence-corrected chi connectivity index (χ1v) is 15.2. The SMILES string of the molecule is CCc1c(C2CCN3CCCC3C2)c2c3c(NC(=O)Oc4ccccc4OC)c4cc2n1OC(=O)CC(O)(CC(=O)O4)C(=O)O3. The van der Waals surface area contributed by atoms with Crippen LogP contribution in [0.3, 0.4) is 0 Å². The Morgan fingerprint density at radius 1 is 1.09 bits per heavy atom. The lowest BCUT2D eigenvalue weighted by atomic mass is 9.83. The maximum Gasteiger partial charge on any atom is 0.417 e. The van der Waals surface area contributed by atoms with Crippen LogP contribution < -0.4 is 29.1 Å². The van der Waals surface area contributed by atoms with E-state index in [-0.39, 0.29) is 28.9 Å². The van der Waals surface area contributed by atoms with E-state index in [4.69, 9.17) is 23.8 Å². The van der Waals surface area contributed by atoms with E-state index in [9.17, 15) is 24.3 Å². The fraction of sp³-hybridized carbons (Fsp3) is 0.438. The van der Waals surface area contributed by atoms with E-state index in [2.05, 4.69) is 10.2 Å². The summed E-state index contributed by atoms with van der Waals surface area (Å²) >= 11 is 0. The van der Waals surface area contributed by atoms with E-state index in [0.717, 1.165) is 44.3 Å². The smallest absolute Gasteiger partial charge is 0.417 e. The largest absolute Gasteiger partial charge is 0.493 e. The summed E-state index contributed by atoms with van der Waals surface area (Å²) in [5.74, 6) is -3.05. The first-order valence-electron chi connectivity index (χ1n) is 15.2. The summed E-state index contributed by atoms with van der Waals surface area (Å²) in [7, 11) is 1.43. The summed E-state index contributed by atoms with van der Waals surface area (Å²) in [4.78, 5) is 61.6. The highest BCUT2D eigenvalue weighted by Gasteiger charge is 2.48. The second kappa shape index (κ2) is 11.1. The molecule has 7 rings (SSSR count). The van der Waals surface area contributed by atoms with Gasteiger partial charge in [-0.1, -0.05) is 19.1 Å². The van der Waals surface area contributed by atoms with Crippen molar-refractivity contribution < 1.29 is 48.1 Å². The molecule has 0 aliphatic carbocycles. The number of piperidine rings is 1. The van der Waals surface area contributed by atoms with Crippen LogP contribution in [-0.4, -0.2) is 70.6 Å². The third-order valence-corrected chi connectivity index (χ3v) is 9.20. The number of aliphatic hydroxyl groups is 1. The first-order chi connectivity index (χ1) is 21.7.